The van der Waals surface area contributed by atoms with Gasteiger partial charge in [-0.2, -0.15) is 0 Å². The van der Waals surface area contributed by atoms with E-state index < -0.39 is 18.8 Å². The molecular weight excluding hydrogens is 379 g/mol. The first-order chi connectivity index (χ1) is 10.8. The summed E-state index contributed by atoms with van der Waals surface area (Å²) in [6, 6.07) is 0. The summed E-state index contributed by atoms with van der Waals surface area (Å²) in [6.07, 6.45) is 8.19. The maximum atomic E-state index is 6.79. The third kappa shape index (κ3) is 8.51. The van der Waals surface area contributed by atoms with Crippen molar-refractivity contribution in [2.24, 2.45) is 0 Å². The van der Waals surface area contributed by atoms with Crippen molar-refractivity contribution in [1.82, 2.24) is 10.2 Å². The molecule has 0 amide bonds. The molecule has 0 saturated carbocycles. The molecular formula is C18H40N2OSn. The maximum absolute atomic E-state index is 6.79. The summed E-state index contributed by atoms with van der Waals surface area (Å²) in [7, 11) is 0. The van der Waals surface area contributed by atoms with Gasteiger partial charge < -0.3 is 0 Å². The van der Waals surface area contributed by atoms with Crippen LogP contribution in [0.25, 0.3) is 0 Å². The zero-order valence-electron chi connectivity index (χ0n) is 15.5. The van der Waals surface area contributed by atoms with E-state index in [1.165, 1.54) is 64.9 Å². The van der Waals surface area contributed by atoms with Crippen LogP contribution in [0.3, 0.4) is 0 Å². The Kier molecular flexibility index (Phi) is 12.3. The fourth-order valence-electron chi connectivity index (χ4n) is 3.41. The Bertz CT molecular complexity index is 236. The van der Waals surface area contributed by atoms with Crippen LogP contribution in [-0.4, -0.2) is 63.0 Å². The topological polar surface area (TPSA) is 24.5 Å². The summed E-state index contributed by atoms with van der Waals surface area (Å²) < 4.78 is 11.2. The van der Waals surface area contributed by atoms with Gasteiger partial charge in [0.1, 0.15) is 0 Å². The fourth-order valence-corrected chi connectivity index (χ4v) is 16.8. The molecule has 132 valence electrons. The van der Waals surface area contributed by atoms with Crippen molar-refractivity contribution in [3.63, 3.8) is 0 Å². The quantitative estimate of drug-likeness (QED) is 0.452. The Morgan fingerprint density at radius 1 is 0.864 bits per heavy atom. The van der Waals surface area contributed by atoms with Crippen molar-refractivity contribution in [2.75, 3.05) is 39.3 Å². The number of piperazine rings is 1. The van der Waals surface area contributed by atoms with Gasteiger partial charge in [0.25, 0.3) is 0 Å². The van der Waals surface area contributed by atoms with Crippen LogP contribution in [0.1, 0.15) is 59.3 Å². The molecule has 1 heterocycles. The van der Waals surface area contributed by atoms with Crippen molar-refractivity contribution in [3.05, 3.63) is 0 Å². The van der Waals surface area contributed by atoms with Crippen LogP contribution >= 0.6 is 0 Å². The number of nitrogens with one attached hydrogen (secondary N) is 1. The summed E-state index contributed by atoms with van der Waals surface area (Å²) >= 11 is -2.33. The summed E-state index contributed by atoms with van der Waals surface area (Å²) in [5.41, 5.74) is 0. The molecule has 1 saturated heterocycles. The molecule has 0 spiro atoms. The molecule has 0 aromatic heterocycles. The number of nitrogens with zero attached hydrogens (tertiary/aromatic N) is 1. The van der Waals surface area contributed by atoms with E-state index in [0.717, 1.165) is 26.2 Å². The number of hydrogen-bond acceptors (Lipinski definition) is 3. The number of rotatable bonds is 13. The first-order valence-corrected chi connectivity index (χ1v) is 17.1. The van der Waals surface area contributed by atoms with Gasteiger partial charge in [0.05, 0.1) is 0 Å². The predicted molar refractivity (Wildman–Crippen MR) is 100 cm³/mol. The van der Waals surface area contributed by atoms with E-state index in [0.29, 0.717) is 0 Å². The molecule has 3 nitrogen and oxygen atoms in total. The normalized spacial score (nSPS) is 17.0. The van der Waals surface area contributed by atoms with Gasteiger partial charge in [0, 0.05) is 0 Å². The van der Waals surface area contributed by atoms with Crippen LogP contribution in [0.4, 0.5) is 0 Å². The van der Waals surface area contributed by atoms with Crippen LogP contribution in [-0.2, 0) is 3.07 Å². The van der Waals surface area contributed by atoms with Gasteiger partial charge in [0.2, 0.25) is 0 Å². The van der Waals surface area contributed by atoms with E-state index in [4.69, 9.17) is 3.07 Å². The van der Waals surface area contributed by atoms with Gasteiger partial charge in [-0.05, 0) is 0 Å². The minimum atomic E-state index is -2.33. The zero-order valence-corrected chi connectivity index (χ0v) is 18.3. The second-order valence-electron chi connectivity index (χ2n) is 6.93. The summed E-state index contributed by atoms with van der Waals surface area (Å²) in [4.78, 5) is 2.58. The molecule has 0 unspecified atom stereocenters. The van der Waals surface area contributed by atoms with E-state index in [1.54, 1.807) is 0 Å². The van der Waals surface area contributed by atoms with Gasteiger partial charge in [-0.1, -0.05) is 0 Å². The van der Waals surface area contributed by atoms with Crippen LogP contribution in [0, 0.1) is 0 Å². The van der Waals surface area contributed by atoms with E-state index in [2.05, 4.69) is 31.0 Å². The van der Waals surface area contributed by atoms with Crippen molar-refractivity contribution in [3.8, 4) is 0 Å². The summed E-state index contributed by atoms with van der Waals surface area (Å²) in [6.45, 7) is 13.9. The molecule has 1 aliphatic heterocycles. The second-order valence-corrected chi connectivity index (χ2v) is 18.8. The summed E-state index contributed by atoms with van der Waals surface area (Å²) in [5, 5.41) is 3.44. The molecule has 0 radical (unpaired) electrons. The predicted octanol–water partition coefficient (Wildman–Crippen LogP) is 4.25. The zero-order chi connectivity index (χ0) is 16.1. The van der Waals surface area contributed by atoms with E-state index in [9.17, 15) is 0 Å². The third-order valence-corrected chi connectivity index (χ3v) is 18.1. The van der Waals surface area contributed by atoms with E-state index in [1.807, 2.05) is 0 Å². The van der Waals surface area contributed by atoms with Crippen molar-refractivity contribution in [2.45, 2.75) is 72.6 Å². The Morgan fingerprint density at radius 2 is 1.36 bits per heavy atom. The van der Waals surface area contributed by atoms with Crippen LogP contribution < -0.4 is 5.32 Å². The van der Waals surface area contributed by atoms with Crippen LogP contribution in [0.5, 0.6) is 0 Å². The average Bonchev–Trinajstić information content (AvgIpc) is 2.57. The van der Waals surface area contributed by atoms with Gasteiger partial charge in [-0.3, -0.25) is 0 Å². The molecule has 0 aromatic rings. The van der Waals surface area contributed by atoms with Crippen LogP contribution in [0.2, 0.25) is 13.3 Å². The van der Waals surface area contributed by atoms with Gasteiger partial charge in [-0.15, -0.1) is 0 Å². The van der Waals surface area contributed by atoms with Gasteiger partial charge in [0.15, 0.2) is 0 Å². The number of unbranched alkanes of at least 4 members (excludes halogenated alkanes) is 3. The Labute approximate surface area is 144 Å². The van der Waals surface area contributed by atoms with Gasteiger partial charge >= 0.3 is 144 Å². The second kappa shape index (κ2) is 13.0. The standard InChI is InChI=1S/C6H13N2O.3C4H9.Sn/c9-6-5-8-3-1-7-2-4-8;3*1-3-4-2;/h7H,1-6H2;3*1,3-4H2,2H3;/q-1;;;;+1. The molecule has 0 atom stereocenters. The molecule has 1 rings (SSSR count). The van der Waals surface area contributed by atoms with Crippen LogP contribution in [0.15, 0.2) is 0 Å². The monoisotopic (exact) mass is 420 g/mol. The third-order valence-electron chi connectivity index (χ3n) is 4.98. The molecule has 0 aliphatic carbocycles. The molecule has 1 N–H and O–H groups in total. The van der Waals surface area contributed by atoms with Crippen molar-refractivity contribution >= 4 is 18.8 Å². The van der Waals surface area contributed by atoms with E-state index >= 15 is 0 Å². The minimum absolute atomic E-state index is 1.01. The fraction of sp³-hybridized carbons (Fsp3) is 1.00. The average molecular weight is 419 g/mol. The molecule has 1 fully saturated rings. The van der Waals surface area contributed by atoms with E-state index in [-0.39, 0.29) is 0 Å². The van der Waals surface area contributed by atoms with Gasteiger partial charge in [-0.25, -0.2) is 0 Å². The molecule has 4 heteroatoms. The van der Waals surface area contributed by atoms with Crippen molar-refractivity contribution < 1.29 is 3.07 Å². The Morgan fingerprint density at radius 3 is 1.82 bits per heavy atom. The molecule has 22 heavy (non-hydrogen) atoms. The van der Waals surface area contributed by atoms with Crippen molar-refractivity contribution in [1.29, 1.82) is 0 Å². The SMILES string of the molecule is CCC[CH2][Sn]([CH2]CCC)([CH2]CCC)[O]CCN1CCNCC1. The molecule has 1 aliphatic rings. The Balaban J connectivity index is 2.47. The Hall–Kier alpha value is 0.679. The molecule has 0 bridgehead atoms. The summed E-state index contributed by atoms with van der Waals surface area (Å²) in [5.74, 6) is 0. The first-order valence-electron chi connectivity index (χ1n) is 9.83. The first kappa shape index (κ1) is 20.7. The molecule has 0 aromatic carbocycles. The number of hydrogen-bond donors (Lipinski definition) is 1.